The van der Waals surface area contributed by atoms with E-state index in [2.05, 4.69) is 19.1 Å². The first kappa shape index (κ1) is 12.8. The molecule has 1 saturated carbocycles. The van der Waals surface area contributed by atoms with E-state index in [0.29, 0.717) is 0 Å². The highest BCUT2D eigenvalue weighted by molar-refractivity contribution is 5.51. The van der Waals surface area contributed by atoms with E-state index in [0.717, 1.165) is 49.5 Å². The van der Waals surface area contributed by atoms with E-state index in [-0.39, 0.29) is 5.54 Å². The molecular formula is C16H23NO2. The average Bonchev–Trinajstić information content (AvgIpc) is 2.65. The topological polar surface area (TPSA) is 44.5 Å². The van der Waals surface area contributed by atoms with Gasteiger partial charge in [-0.1, -0.05) is 25.3 Å². The zero-order valence-electron chi connectivity index (χ0n) is 11.7. The third-order valence-corrected chi connectivity index (χ3v) is 4.35. The fraction of sp³-hybridized carbons (Fsp3) is 0.625. The van der Waals surface area contributed by atoms with Crippen molar-refractivity contribution in [2.24, 2.45) is 5.73 Å². The molecule has 0 radical (unpaired) electrons. The van der Waals surface area contributed by atoms with E-state index in [1.165, 1.54) is 24.8 Å². The fourth-order valence-electron chi connectivity index (χ4n) is 3.21. The van der Waals surface area contributed by atoms with Crippen LogP contribution in [0.4, 0.5) is 0 Å². The van der Waals surface area contributed by atoms with Crippen LogP contribution in [0.1, 0.15) is 49.7 Å². The Hall–Kier alpha value is -1.22. The van der Waals surface area contributed by atoms with E-state index in [1.807, 2.05) is 0 Å². The van der Waals surface area contributed by atoms with E-state index >= 15 is 0 Å². The number of nitrogens with two attached hydrogens (primary N) is 1. The summed E-state index contributed by atoms with van der Waals surface area (Å²) in [4.78, 5) is 0. The minimum atomic E-state index is -0.173. The Labute approximate surface area is 115 Å². The Kier molecular flexibility index (Phi) is 3.40. The molecule has 0 spiro atoms. The smallest absolute Gasteiger partial charge is 0.164 e. The maximum Gasteiger partial charge on any atom is 0.164 e. The van der Waals surface area contributed by atoms with Gasteiger partial charge in [-0.05, 0) is 37.0 Å². The predicted octanol–water partition coefficient (Wildman–Crippen LogP) is 3.27. The Balaban J connectivity index is 1.98. The van der Waals surface area contributed by atoms with Crippen molar-refractivity contribution in [3.63, 3.8) is 0 Å². The van der Waals surface area contributed by atoms with Gasteiger partial charge >= 0.3 is 0 Å². The summed E-state index contributed by atoms with van der Waals surface area (Å²) in [5, 5.41) is 0. The molecule has 104 valence electrons. The molecule has 19 heavy (non-hydrogen) atoms. The van der Waals surface area contributed by atoms with Gasteiger partial charge in [-0.2, -0.15) is 0 Å². The van der Waals surface area contributed by atoms with Crippen molar-refractivity contribution in [3.05, 3.63) is 23.3 Å². The summed E-state index contributed by atoms with van der Waals surface area (Å²) in [6.07, 6.45) is 6.85. The summed E-state index contributed by atoms with van der Waals surface area (Å²) < 4.78 is 11.6. The maximum absolute atomic E-state index is 6.63. The van der Waals surface area contributed by atoms with Gasteiger partial charge in [-0.15, -0.1) is 0 Å². The van der Waals surface area contributed by atoms with Crippen molar-refractivity contribution in [1.29, 1.82) is 0 Å². The monoisotopic (exact) mass is 261 g/mol. The van der Waals surface area contributed by atoms with Gasteiger partial charge in [0.2, 0.25) is 0 Å². The normalized spacial score (nSPS) is 21.8. The van der Waals surface area contributed by atoms with Crippen LogP contribution >= 0.6 is 0 Å². The molecule has 1 aromatic carbocycles. The second kappa shape index (κ2) is 5.04. The molecule has 1 aliphatic heterocycles. The Morgan fingerprint density at radius 3 is 2.53 bits per heavy atom. The Morgan fingerprint density at radius 2 is 1.74 bits per heavy atom. The van der Waals surface area contributed by atoms with Gasteiger partial charge in [0.25, 0.3) is 0 Å². The molecule has 0 amide bonds. The van der Waals surface area contributed by atoms with Crippen LogP contribution in [0.15, 0.2) is 12.1 Å². The quantitative estimate of drug-likeness (QED) is 0.843. The highest BCUT2D eigenvalue weighted by Gasteiger charge is 2.31. The number of benzene rings is 1. The second-order valence-electron chi connectivity index (χ2n) is 5.89. The van der Waals surface area contributed by atoms with Gasteiger partial charge in [-0.25, -0.2) is 0 Å². The van der Waals surface area contributed by atoms with Crippen molar-refractivity contribution < 1.29 is 9.47 Å². The zero-order chi connectivity index (χ0) is 13.3. The zero-order valence-corrected chi connectivity index (χ0v) is 11.7. The summed E-state index contributed by atoms with van der Waals surface area (Å²) in [6, 6.07) is 4.30. The molecular weight excluding hydrogens is 238 g/mol. The molecule has 0 bridgehead atoms. The standard InChI is InChI=1S/C16H23NO2/c1-12-10-13(16(17)6-3-2-4-7-16)11-14-15(12)19-9-5-8-18-14/h10-11H,2-9,17H2,1H3. The van der Waals surface area contributed by atoms with E-state index in [4.69, 9.17) is 15.2 Å². The number of hydrogen-bond acceptors (Lipinski definition) is 3. The molecule has 0 aromatic heterocycles. The van der Waals surface area contributed by atoms with Gasteiger partial charge in [0.1, 0.15) is 0 Å². The van der Waals surface area contributed by atoms with E-state index in [9.17, 15) is 0 Å². The summed E-state index contributed by atoms with van der Waals surface area (Å²) >= 11 is 0. The SMILES string of the molecule is Cc1cc(C2(N)CCCCC2)cc2c1OCCCO2. The van der Waals surface area contributed by atoms with Crippen molar-refractivity contribution >= 4 is 0 Å². The van der Waals surface area contributed by atoms with Crippen LogP contribution in [0.2, 0.25) is 0 Å². The number of fused-ring (bicyclic) bond motifs is 1. The minimum absolute atomic E-state index is 0.173. The van der Waals surface area contributed by atoms with Gasteiger partial charge in [-0.3, -0.25) is 0 Å². The van der Waals surface area contributed by atoms with E-state index < -0.39 is 0 Å². The third kappa shape index (κ3) is 2.44. The Morgan fingerprint density at radius 1 is 1.00 bits per heavy atom. The molecule has 1 fully saturated rings. The molecule has 2 aliphatic rings. The lowest BCUT2D eigenvalue weighted by Gasteiger charge is -2.34. The molecule has 0 unspecified atom stereocenters. The molecule has 0 atom stereocenters. The number of rotatable bonds is 1. The van der Waals surface area contributed by atoms with E-state index in [1.54, 1.807) is 0 Å². The third-order valence-electron chi connectivity index (χ3n) is 4.35. The first-order valence-corrected chi connectivity index (χ1v) is 7.39. The van der Waals surface area contributed by atoms with Crippen LogP contribution in [0.25, 0.3) is 0 Å². The van der Waals surface area contributed by atoms with Crippen molar-refractivity contribution in [2.75, 3.05) is 13.2 Å². The van der Waals surface area contributed by atoms with Crippen LogP contribution in [0.3, 0.4) is 0 Å². The number of ether oxygens (including phenoxy) is 2. The molecule has 1 aliphatic carbocycles. The van der Waals surface area contributed by atoms with Crippen LogP contribution in [-0.4, -0.2) is 13.2 Å². The summed E-state index contributed by atoms with van der Waals surface area (Å²) in [7, 11) is 0. The van der Waals surface area contributed by atoms with Crippen molar-refractivity contribution in [2.45, 2.75) is 51.0 Å². The summed E-state index contributed by atoms with van der Waals surface area (Å²) in [5.74, 6) is 1.78. The van der Waals surface area contributed by atoms with Crippen molar-refractivity contribution in [1.82, 2.24) is 0 Å². The highest BCUT2D eigenvalue weighted by atomic mass is 16.5. The summed E-state index contributed by atoms with van der Waals surface area (Å²) in [6.45, 7) is 3.55. The molecule has 3 rings (SSSR count). The number of aryl methyl sites for hydroxylation is 1. The van der Waals surface area contributed by atoms with Crippen LogP contribution in [-0.2, 0) is 5.54 Å². The lowest BCUT2D eigenvalue weighted by Crippen LogP contribution is -2.38. The molecule has 2 N–H and O–H groups in total. The largest absolute Gasteiger partial charge is 0.490 e. The van der Waals surface area contributed by atoms with Crippen LogP contribution in [0.5, 0.6) is 11.5 Å². The molecule has 3 heteroatoms. The minimum Gasteiger partial charge on any atom is -0.490 e. The molecule has 3 nitrogen and oxygen atoms in total. The fourth-order valence-corrected chi connectivity index (χ4v) is 3.21. The lowest BCUT2D eigenvalue weighted by molar-refractivity contribution is 0.293. The van der Waals surface area contributed by atoms with Crippen LogP contribution in [0, 0.1) is 6.92 Å². The highest BCUT2D eigenvalue weighted by Crippen LogP contribution is 2.41. The Bertz CT molecular complexity index is 464. The molecule has 1 aromatic rings. The lowest BCUT2D eigenvalue weighted by atomic mass is 9.77. The van der Waals surface area contributed by atoms with Crippen LogP contribution < -0.4 is 15.2 Å². The van der Waals surface area contributed by atoms with Gasteiger partial charge < -0.3 is 15.2 Å². The average molecular weight is 261 g/mol. The first-order valence-electron chi connectivity index (χ1n) is 7.39. The number of hydrogen-bond donors (Lipinski definition) is 1. The molecule has 0 saturated heterocycles. The predicted molar refractivity (Wildman–Crippen MR) is 75.7 cm³/mol. The first-order chi connectivity index (χ1) is 9.19. The van der Waals surface area contributed by atoms with Crippen molar-refractivity contribution in [3.8, 4) is 11.5 Å². The molecule has 1 heterocycles. The van der Waals surface area contributed by atoms with Gasteiger partial charge in [0.15, 0.2) is 11.5 Å². The van der Waals surface area contributed by atoms with Gasteiger partial charge in [0, 0.05) is 12.0 Å². The second-order valence-corrected chi connectivity index (χ2v) is 5.89. The maximum atomic E-state index is 6.63. The summed E-state index contributed by atoms with van der Waals surface area (Å²) in [5.41, 5.74) is 8.81. The van der Waals surface area contributed by atoms with Gasteiger partial charge in [0.05, 0.1) is 13.2 Å².